The van der Waals surface area contributed by atoms with Crippen molar-refractivity contribution in [1.29, 1.82) is 0 Å². The van der Waals surface area contributed by atoms with Gasteiger partial charge in [0.1, 0.15) is 11.5 Å². The molecule has 3 fully saturated rings. The molecule has 0 unspecified atom stereocenters. The molecule has 2 aromatic rings. The van der Waals surface area contributed by atoms with Gasteiger partial charge in [0.15, 0.2) is 5.69 Å². The van der Waals surface area contributed by atoms with Crippen molar-refractivity contribution in [2.24, 2.45) is 17.1 Å². The van der Waals surface area contributed by atoms with Gasteiger partial charge >= 0.3 is 0 Å². The zero-order valence-corrected chi connectivity index (χ0v) is 24.0. The first-order chi connectivity index (χ1) is 19.1. The zero-order valence-electron chi connectivity index (χ0n) is 23.2. The number of imidazole rings is 1. The van der Waals surface area contributed by atoms with E-state index in [1.165, 1.54) is 12.4 Å². The number of anilines is 1. The molecule has 0 atom stereocenters. The molecule has 1 aromatic carbocycles. The van der Waals surface area contributed by atoms with Crippen LogP contribution in [-0.4, -0.2) is 64.9 Å². The molecule has 1 aromatic heterocycles. The lowest BCUT2D eigenvalue weighted by atomic mass is 9.71. The summed E-state index contributed by atoms with van der Waals surface area (Å²) in [5.41, 5.74) is 6.35. The molecule has 2 aliphatic heterocycles. The summed E-state index contributed by atoms with van der Waals surface area (Å²) in [6.07, 6.45) is 7.05. The van der Waals surface area contributed by atoms with Crippen LogP contribution in [0.3, 0.4) is 0 Å². The third-order valence-corrected chi connectivity index (χ3v) is 9.47. The Morgan fingerprint density at radius 2 is 1.85 bits per heavy atom. The first-order valence-corrected chi connectivity index (χ1v) is 14.6. The molecular weight excluding hydrogens is 535 g/mol. The number of carbonyl (C=O) groups excluding carboxylic acids is 3. The van der Waals surface area contributed by atoms with Crippen LogP contribution in [0, 0.1) is 24.1 Å². The van der Waals surface area contributed by atoms with Gasteiger partial charge in [0.05, 0.1) is 22.5 Å². The van der Waals surface area contributed by atoms with E-state index in [1.54, 1.807) is 22.5 Å². The van der Waals surface area contributed by atoms with Crippen molar-refractivity contribution in [3.05, 3.63) is 46.3 Å². The Morgan fingerprint density at radius 1 is 1.15 bits per heavy atom. The maximum Gasteiger partial charge on any atom is 0.272 e. The second kappa shape index (κ2) is 11.5. The quantitative estimate of drug-likeness (QED) is 0.519. The SMILES string of the molecule is Cc1cc(N2CCC3(CCC(n4cnc(C(=O)NCCN5CCC(C)CC5)c4C(N)=O)CC3)C2=O)c(Cl)cc1F. The molecule has 1 aliphatic carbocycles. The van der Waals surface area contributed by atoms with Crippen molar-refractivity contribution >= 4 is 35.0 Å². The molecule has 11 heteroatoms. The number of hydrogen-bond donors (Lipinski definition) is 2. The number of hydrogen-bond acceptors (Lipinski definition) is 5. The minimum atomic E-state index is -0.697. The molecule has 0 radical (unpaired) electrons. The number of aryl methyl sites for hydroxylation is 1. The number of piperidine rings is 1. The lowest BCUT2D eigenvalue weighted by molar-refractivity contribution is -0.127. The van der Waals surface area contributed by atoms with Gasteiger partial charge in [-0.2, -0.15) is 0 Å². The minimum Gasteiger partial charge on any atom is -0.364 e. The van der Waals surface area contributed by atoms with Crippen molar-refractivity contribution in [2.45, 2.75) is 64.8 Å². The van der Waals surface area contributed by atoms with Crippen LogP contribution in [0.5, 0.6) is 0 Å². The minimum absolute atomic E-state index is 0.00263. The van der Waals surface area contributed by atoms with Gasteiger partial charge in [-0.1, -0.05) is 18.5 Å². The predicted molar refractivity (Wildman–Crippen MR) is 151 cm³/mol. The molecule has 3 N–H and O–H groups in total. The summed E-state index contributed by atoms with van der Waals surface area (Å²) >= 11 is 6.31. The summed E-state index contributed by atoms with van der Waals surface area (Å²) in [6.45, 7) is 7.72. The average molecular weight is 573 g/mol. The Bertz CT molecular complexity index is 1300. The Morgan fingerprint density at radius 3 is 2.52 bits per heavy atom. The topological polar surface area (TPSA) is 114 Å². The van der Waals surface area contributed by atoms with Crippen molar-refractivity contribution in [3.63, 3.8) is 0 Å². The van der Waals surface area contributed by atoms with Gasteiger partial charge in [-0.15, -0.1) is 0 Å². The van der Waals surface area contributed by atoms with Gasteiger partial charge in [-0.05, 0) is 88.6 Å². The van der Waals surface area contributed by atoms with Gasteiger partial charge in [-0.3, -0.25) is 14.4 Å². The van der Waals surface area contributed by atoms with E-state index in [2.05, 4.69) is 22.1 Å². The fourth-order valence-electron chi connectivity index (χ4n) is 6.54. The summed E-state index contributed by atoms with van der Waals surface area (Å²) < 4.78 is 15.6. The monoisotopic (exact) mass is 572 g/mol. The number of nitrogens with zero attached hydrogens (tertiary/aromatic N) is 4. The lowest BCUT2D eigenvalue weighted by Crippen LogP contribution is -2.40. The second-order valence-electron chi connectivity index (χ2n) is 11.8. The normalized spacial score (nSPS) is 24.1. The maximum atomic E-state index is 13.9. The van der Waals surface area contributed by atoms with Gasteiger partial charge in [0.25, 0.3) is 11.8 Å². The van der Waals surface area contributed by atoms with Crippen molar-refractivity contribution in [2.75, 3.05) is 37.6 Å². The molecule has 9 nitrogen and oxygen atoms in total. The highest BCUT2D eigenvalue weighted by molar-refractivity contribution is 6.34. The number of aromatic nitrogens is 2. The first kappa shape index (κ1) is 28.5. The molecule has 0 bridgehead atoms. The van der Waals surface area contributed by atoms with E-state index in [1.807, 2.05) is 0 Å². The summed E-state index contributed by atoms with van der Waals surface area (Å²) in [5, 5.41) is 3.12. The van der Waals surface area contributed by atoms with Crippen molar-refractivity contribution in [3.8, 4) is 0 Å². The molecule has 2 saturated heterocycles. The van der Waals surface area contributed by atoms with Gasteiger partial charge in [0.2, 0.25) is 5.91 Å². The lowest BCUT2D eigenvalue weighted by Gasteiger charge is -2.36. The maximum absolute atomic E-state index is 13.9. The standard InChI is InChI=1S/C29H38ClFN6O3/c1-18-5-11-35(12-6-18)14-10-33-27(39)24-25(26(32)38)37(17-34-24)20-3-7-29(8-4-20)9-13-36(28(29)40)23-15-19(2)22(31)16-21(23)30/h15-18,20H,3-14H2,1-2H3,(H2,32,38)(H,33,39). The first-order valence-electron chi connectivity index (χ1n) is 14.2. The number of likely N-dealkylation sites (tertiary alicyclic amines) is 1. The van der Waals surface area contributed by atoms with Crippen LogP contribution in [0.25, 0.3) is 0 Å². The van der Waals surface area contributed by atoms with Crippen LogP contribution in [-0.2, 0) is 4.79 Å². The van der Waals surface area contributed by atoms with E-state index in [-0.39, 0.29) is 28.4 Å². The van der Waals surface area contributed by atoms with E-state index >= 15 is 0 Å². The number of carbonyl (C=O) groups is 3. The number of benzene rings is 1. The summed E-state index contributed by atoms with van der Waals surface area (Å²) in [5.74, 6) is -0.754. The Labute approximate surface area is 239 Å². The number of rotatable bonds is 7. The Hall–Kier alpha value is -2.98. The van der Waals surface area contributed by atoms with Crippen LogP contribution in [0.15, 0.2) is 18.5 Å². The predicted octanol–water partition coefficient (Wildman–Crippen LogP) is 4.08. The van der Waals surface area contributed by atoms with Crippen molar-refractivity contribution < 1.29 is 18.8 Å². The fraction of sp³-hybridized carbons (Fsp3) is 0.586. The van der Waals surface area contributed by atoms with Gasteiger partial charge in [0, 0.05) is 25.7 Å². The summed E-state index contributed by atoms with van der Waals surface area (Å²) in [7, 11) is 0. The highest BCUT2D eigenvalue weighted by Gasteiger charge is 2.49. The third-order valence-electron chi connectivity index (χ3n) is 9.17. The number of amides is 3. The van der Waals surface area contributed by atoms with E-state index in [0.717, 1.165) is 38.4 Å². The molecule has 40 heavy (non-hydrogen) atoms. The molecule has 1 spiro atoms. The highest BCUT2D eigenvalue weighted by Crippen LogP contribution is 2.49. The van der Waals surface area contributed by atoms with E-state index in [9.17, 15) is 18.8 Å². The Balaban J connectivity index is 1.23. The van der Waals surface area contributed by atoms with Crippen LogP contribution in [0.2, 0.25) is 5.02 Å². The van der Waals surface area contributed by atoms with Crippen LogP contribution in [0.1, 0.15) is 84.5 Å². The van der Waals surface area contributed by atoms with Crippen LogP contribution in [0.4, 0.5) is 10.1 Å². The number of nitrogens with two attached hydrogens (primary N) is 1. The molecule has 3 amide bonds. The van der Waals surface area contributed by atoms with Crippen molar-refractivity contribution in [1.82, 2.24) is 19.8 Å². The van der Waals surface area contributed by atoms with Crippen LogP contribution < -0.4 is 16.0 Å². The van der Waals surface area contributed by atoms with Gasteiger partial charge in [-0.25, -0.2) is 9.37 Å². The van der Waals surface area contributed by atoms with E-state index in [4.69, 9.17) is 17.3 Å². The molecule has 3 heterocycles. The largest absolute Gasteiger partial charge is 0.364 e. The smallest absolute Gasteiger partial charge is 0.272 e. The van der Waals surface area contributed by atoms with E-state index < -0.39 is 23.0 Å². The average Bonchev–Trinajstić information content (AvgIpc) is 3.50. The highest BCUT2D eigenvalue weighted by atomic mass is 35.5. The van der Waals surface area contributed by atoms with E-state index in [0.29, 0.717) is 56.4 Å². The molecular formula is C29H38ClFN6O3. The molecule has 3 aliphatic rings. The summed E-state index contributed by atoms with van der Waals surface area (Å²) in [4.78, 5) is 47.3. The zero-order chi connectivity index (χ0) is 28.6. The Kier molecular flexibility index (Phi) is 8.20. The molecule has 216 valence electrons. The third kappa shape index (κ3) is 5.48. The number of primary amides is 1. The molecule has 5 rings (SSSR count). The van der Waals surface area contributed by atoms with Gasteiger partial charge < -0.3 is 25.4 Å². The number of nitrogens with one attached hydrogen (secondary N) is 1. The molecule has 1 saturated carbocycles. The second-order valence-corrected chi connectivity index (χ2v) is 12.2. The summed E-state index contributed by atoms with van der Waals surface area (Å²) in [6, 6.07) is 2.79. The fourth-order valence-corrected chi connectivity index (χ4v) is 6.79. The van der Waals surface area contributed by atoms with Crippen LogP contribution >= 0.6 is 11.6 Å². The number of halogens is 2.